The van der Waals surface area contributed by atoms with Gasteiger partial charge in [-0.05, 0) is 34.1 Å². The highest BCUT2D eigenvalue weighted by molar-refractivity contribution is 9.10. The van der Waals surface area contributed by atoms with E-state index in [1.54, 1.807) is 0 Å². The molecule has 0 unspecified atom stereocenters. The predicted molar refractivity (Wildman–Crippen MR) is 97.9 cm³/mol. The molecule has 0 atom stereocenters. The molecule has 0 aliphatic heterocycles. The molecule has 2 aromatic carbocycles. The summed E-state index contributed by atoms with van der Waals surface area (Å²) in [6.07, 6.45) is 0. The predicted octanol–water partition coefficient (Wildman–Crippen LogP) is 3.62. The normalized spacial score (nSPS) is 10.6. The van der Waals surface area contributed by atoms with Crippen molar-refractivity contribution in [2.45, 2.75) is 0 Å². The molecule has 1 aromatic heterocycles. The molecular weight excluding hydrogens is 426 g/mol. The van der Waals surface area contributed by atoms with E-state index in [0.717, 1.165) is 0 Å². The molecule has 27 heavy (non-hydrogen) atoms. The monoisotopic (exact) mass is 433 g/mol. The number of halogens is 1. The Balaban J connectivity index is 1.98. The highest BCUT2D eigenvalue weighted by Gasteiger charge is 2.18. The largest absolute Gasteiger partial charge is 0.422 e. The van der Waals surface area contributed by atoms with Crippen LogP contribution in [0.3, 0.4) is 0 Å². The van der Waals surface area contributed by atoms with E-state index in [9.17, 15) is 29.8 Å². The highest BCUT2D eigenvalue weighted by atomic mass is 79.9. The van der Waals surface area contributed by atoms with Gasteiger partial charge in [-0.1, -0.05) is 0 Å². The van der Waals surface area contributed by atoms with Crippen LogP contribution >= 0.6 is 15.9 Å². The van der Waals surface area contributed by atoms with E-state index in [4.69, 9.17) is 4.42 Å². The van der Waals surface area contributed by atoms with Crippen LogP contribution in [-0.4, -0.2) is 15.8 Å². The standard InChI is InChI=1S/C16H8BrN3O7/c17-12-7-10(20(25)26)1-3-13(12)18-15(21)11-6-8-5-9(19(23)24)2-4-14(8)27-16(11)22/h1-7H,(H,18,21). The molecule has 136 valence electrons. The number of hydrogen-bond acceptors (Lipinski definition) is 7. The van der Waals surface area contributed by atoms with Crippen LogP contribution < -0.4 is 10.9 Å². The van der Waals surface area contributed by atoms with E-state index >= 15 is 0 Å². The molecule has 3 aromatic rings. The summed E-state index contributed by atoms with van der Waals surface area (Å²) in [5.41, 5.74) is -1.40. The molecule has 0 aliphatic rings. The fourth-order valence-corrected chi connectivity index (χ4v) is 2.76. The fourth-order valence-electron chi connectivity index (χ4n) is 2.29. The maximum Gasteiger partial charge on any atom is 0.349 e. The summed E-state index contributed by atoms with van der Waals surface area (Å²) in [5.74, 6) is -0.827. The number of fused-ring (bicyclic) bond motifs is 1. The zero-order valence-electron chi connectivity index (χ0n) is 13.2. The molecule has 10 nitrogen and oxygen atoms in total. The third-order valence-electron chi connectivity index (χ3n) is 3.58. The quantitative estimate of drug-likeness (QED) is 0.375. The third kappa shape index (κ3) is 3.67. The smallest absolute Gasteiger partial charge is 0.349 e. The average Bonchev–Trinajstić information content (AvgIpc) is 2.62. The van der Waals surface area contributed by atoms with Crippen LogP contribution in [0.15, 0.2) is 56.1 Å². The van der Waals surface area contributed by atoms with Crippen LogP contribution in [0.2, 0.25) is 0 Å². The molecule has 1 heterocycles. The summed E-state index contributed by atoms with van der Waals surface area (Å²) >= 11 is 3.10. The lowest BCUT2D eigenvalue weighted by Gasteiger charge is -2.07. The van der Waals surface area contributed by atoms with E-state index < -0.39 is 21.4 Å². The van der Waals surface area contributed by atoms with Gasteiger partial charge in [0.05, 0.1) is 15.5 Å². The van der Waals surface area contributed by atoms with E-state index in [1.807, 2.05) is 0 Å². The van der Waals surface area contributed by atoms with Gasteiger partial charge >= 0.3 is 5.63 Å². The van der Waals surface area contributed by atoms with Crippen LogP contribution in [-0.2, 0) is 0 Å². The Morgan fingerprint density at radius 2 is 1.63 bits per heavy atom. The van der Waals surface area contributed by atoms with Crippen molar-refractivity contribution in [1.29, 1.82) is 0 Å². The van der Waals surface area contributed by atoms with Crippen LogP contribution in [0.5, 0.6) is 0 Å². The van der Waals surface area contributed by atoms with Crippen LogP contribution in [0, 0.1) is 20.2 Å². The Hall–Kier alpha value is -3.60. The number of nitrogens with one attached hydrogen (secondary N) is 1. The molecule has 11 heteroatoms. The maximum absolute atomic E-state index is 12.4. The number of nitro benzene ring substituents is 2. The molecule has 0 spiro atoms. The van der Waals surface area contributed by atoms with Crippen LogP contribution in [0.1, 0.15) is 10.4 Å². The highest BCUT2D eigenvalue weighted by Crippen LogP contribution is 2.27. The maximum atomic E-state index is 12.4. The zero-order valence-corrected chi connectivity index (χ0v) is 14.8. The number of non-ortho nitro benzene ring substituents is 2. The van der Waals surface area contributed by atoms with Crippen LogP contribution in [0.4, 0.5) is 17.1 Å². The van der Waals surface area contributed by atoms with E-state index in [2.05, 4.69) is 21.2 Å². The first kappa shape index (κ1) is 18.2. The van der Waals surface area contributed by atoms with E-state index in [-0.39, 0.29) is 38.1 Å². The van der Waals surface area contributed by atoms with Crippen molar-refractivity contribution in [3.05, 3.63) is 83.1 Å². The SMILES string of the molecule is O=C(Nc1ccc([N+](=O)[O-])cc1Br)c1cc2cc([N+](=O)[O-])ccc2oc1=O. The third-order valence-corrected chi connectivity index (χ3v) is 4.24. The molecule has 1 amide bonds. The van der Waals surface area contributed by atoms with Gasteiger partial charge in [0.2, 0.25) is 0 Å². The van der Waals surface area contributed by atoms with Gasteiger partial charge in [0, 0.05) is 34.1 Å². The van der Waals surface area contributed by atoms with Gasteiger partial charge in [-0.3, -0.25) is 25.0 Å². The molecule has 0 saturated carbocycles. The molecule has 0 saturated heterocycles. The first-order valence-electron chi connectivity index (χ1n) is 7.24. The molecule has 0 radical (unpaired) electrons. The lowest BCUT2D eigenvalue weighted by Crippen LogP contribution is -2.20. The second kappa shape index (κ2) is 6.96. The summed E-state index contributed by atoms with van der Waals surface area (Å²) in [5, 5.41) is 24.3. The van der Waals surface area contributed by atoms with Gasteiger partial charge in [-0.2, -0.15) is 0 Å². The number of nitro groups is 2. The molecule has 0 fully saturated rings. The van der Waals surface area contributed by atoms with Crippen LogP contribution in [0.25, 0.3) is 11.0 Å². The van der Waals surface area contributed by atoms with Crippen molar-refractivity contribution in [2.75, 3.05) is 5.32 Å². The molecule has 0 aliphatic carbocycles. The Bertz CT molecular complexity index is 1170. The van der Waals surface area contributed by atoms with Gasteiger partial charge < -0.3 is 9.73 Å². The van der Waals surface area contributed by atoms with Gasteiger partial charge in [-0.25, -0.2) is 4.79 Å². The summed E-state index contributed by atoms with van der Waals surface area (Å²) in [6.45, 7) is 0. The van der Waals surface area contributed by atoms with Crippen molar-refractivity contribution < 1.29 is 19.1 Å². The van der Waals surface area contributed by atoms with Gasteiger partial charge in [0.15, 0.2) is 0 Å². The number of carbonyl (C=O) groups is 1. The minimum absolute atomic E-state index is 0.0960. The number of rotatable bonds is 4. The van der Waals surface area contributed by atoms with Gasteiger partial charge in [-0.15, -0.1) is 0 Å². The lowest BCUT2D eigenvalue weighted by atomic mass is 10.1. The summed E-state index contributed by atoms with van der Waals surface area (Å²) in [7, 11) is 0. The van der Waals surface area contributed by atoms with Gasteiger partial charge in [0.25, 0.3) is 17.3 Å². The van der Waals surface area contributed by atoms with Gasteiger partial charge in [0.1, 0.15) is 11.1 Å². The summed E-state index contributed by atoms with van der Waals surface area (Å²) < 4.78 is 5.27. The Morgan fingerprint density at radius 3 is 2.26 bits per heavy atom. The average molecular weight is 434 g/mol. The summed E-state index contributed by atoms with van der Waals surface area (Å²) in [6, 6.07) is 8.49. The molecular formula is C16H8BrN3O7. The van der Waals surface area contributed by atoms with Crippen molar-refractivity contribution in [1.82, 2.24) is 0 Å². The topological polar surface area (TPSA) is 146 Å². The first-order valence-corrected chi connectivity index (χ1v) is 8.03. The lowest BCUT2D eigenvalue weighted by molar-refractivity contribution is -0.385. The summed E-state index contributed by atoms with van der Waals surface area (Å²) in [4.78, 5) is 44.9. The Morgan fingerprint density at radius 1 is 1.00 bits per heavy atom. The minimum Gasteiger partial charge on any atom is -0.422 e. The number of nitrogens with zero attached hydrogens (tertiary/aromatic N) is 2. The minimum atomic E-state index is -0.924. The number of anilines is 1. The number of benzene rings is 2. The molecule has 3 rings (SSSR count). The Kier molecular flexibility index (Phi) is 4.69. The van der Waals surface area contributed by atoms with Crippen molar-refractivity contribution in [3.63, 3.8) is 0 Å². The number of amides is 1. The Labute approximate surface area is 157 Å². The van der Waals surface area contributed by atoms with Crippen molar-refractivity contribution in [3.8, 4) is 0 Å². The zero-order chi connectivity index (χ0) is 19.7. The second-order valence-electron chi connectivity index (χ2n) is 5.30. The molecule has 1 N–H and O–H groups in total. The van der Waals surface area contributed by atoms with E-state index in [0.29, 0.717) is 0 Å². The fraction of sp³-hybridized carbons (Fsp3) is 0. The number of hydrogen-bond donors (Lipinski definition) is 1. The first-order chi connectivity index (χ1) is 12.8. The van der Waals surface area contributed by atoms with Crippen molar-refractivity contribution in [2.24, 2.45) is 0 Å². The van der Waals surface area contributed by atoms with E-state index in [1.165, 1.54) is 42.5 Å². The number of carbonyl (C=O) groups excluding carboxylic acids is 1. The van der Waals surface area contributed by atoms with Crippen molar-refractivity contribution >= 4 is 49.9 Å². The second-order valence-corrected chi connectivity index (χ2v) is 6.16. The molecule has 0 bridgehead atoms.